The lowest BCUT2D eigenvalue weighted by Gasteiger charge is -2.27. The van der Waals surface area contributed by atoms with E-state index in [1.54, 1.807) is 33.8 Å². The molecule has 0 radical (unpaired) electrons. The maximum Gasteiger partial charge on any atom is 0.270 e. The van der Waals surface area contributed by atoms with E-state index in [2.05, 4.69) is 5.43 Å². The zero-order valence-corrected chi connectivity index (χ0v) is 18.5. The average Bonchev–Trinajstić information content (AvgIpc) is 3.08. The van der Waals surface area contributed by atoms with Gasteiger partial charge in [-0.3, -0.25) is 19.7 Å². The number of carbonyl (C=O) groups excluding carboxylic acids is 2. The molecule has 162 valence electrons. The van der Waals surface area contributed by atoms with Gasteiger partial charge in [0.15, 0.2) is 6.61 Å². The van der Waals surface area contributed by atoms with E-state index in [1.807, 2.05) is 70.2 Å². The second kappa shape index (κ2) is 9.98. The Hall–Kier alpha value is -3.54. The molecule has 6 heteroatoms. The number of nitrogens with zero attached hydrogens (tertiary/aromatic N) is 2. The van der Waals surface area contributed by atoms with E-state index in [0.29, 0.717) is 17.9 Å². The Bertz CT molecular complexity index is 1000. The molecule has 0 unspecified atom stereocenters. The Morgan fingerprint density at radius 1 is 0.935 bits per heavy atom. The number of hydrogen-bond acceptors (Lipinski definition) is 3. The number of nitrogens with one attached hydrogen (secondary N) is 1. The molecule has 0 bridgehead atoms. The van der Waals surface area contributed by atoms with Gasteiger partial charge in [-0.15, -0.1) is 0 Å². The molecule has 1 aromatic heterocycles. The highest BCUT2D eigenvalue weighted by molar-refractivity contribution is 6.00. The van der Waals surface area contributed by atoms with Crippen LogP contribution in [0.15, 0.2) is 66.7 Å². The lowest BCUT2D eigenvalue weighted by Crippen LogP contribution is -2.39. The third-order valence-electron chi connectivity index (χ3n) is 5.10. The van der Waals surface area contributed by atoms with Gasteiger partial charge in [-0.25, -0.2) is 0 Å². The van der Waals surface area contributed by atoms with E-state index in [0.717, 1.165) is 17.0 Å². The lowest BCUT2D eigenvalue weighted by atomic mass is 10.2. The summed E-state index contributed by atoms with van der Waals surface area (Å²) in [7, 11) is 0. The minimum Gasteiger partial charge on any atom is -0.484 e. The van der Waals surface area contributed by atoms with Gasteiger partial charge in [-0.2, -0.15) is 0 Å². The van der Waals surface area contributed by atoms with Crippen molar-refractivity contribution in [2.24, 2.45) is 0 Å². The molecular weight excluding hydrogens is 390 g/mol. The number of aryl methyl sites for hydroxylation is 2. The van der Waals surface area contributed by atoms with Crippen molar-refractivity contribution >= 4 is 11.8 Å². The zero-order valence-electron chi connectivity index (χ0n) is 18.5. The molecule has 1 heterocycles. The molecule has 6 nitrogen and oxygen atoms in total. The van der Waals surface area contributed by atoms with Crippen molar-refractivity contribution in [2.45, 2.75) is 40.3 Å². The highest BCUT2D eigenvalue weighted by atomic mass is 16.5. The molecule has 0 atom stereocenters. The highest BCUT2D eigenvalue weighted by Crippen LogP contribution is 2.15. The topological polar surface area (TPSA) is 63.6 Å². The second-order valence-electron chi connectivity index (χ2n) is 7.81. The van der Waals surface area contributed by atoms with Crippen LogP contribution >= 0.6 is 0 Å². The van der Waals surface area contributed by atoms with Gasteiger partial charge < -0.3 is 9.64 Å². The Morgan fingerprint density at radius 2 is 1.55 bits per heavy atom. The fourth-order valence-corrected chi connectivity index (χ4v) is 3.28. The van der Waals surface area contributed by atoms with Gasteiger partial charge in [0.25, 0.3) is 11.8 Å². The maximum absolute atomic E-state index is 12.7. The first-order valence-electron chi connectivity index (χ1n) is 10.4. The Labute approximate surface area is 183 Å². The van der Waals surface area contributed by atoms with Crippen LogP contribution in [0.3, 0.4) is 0 Å². The predicted molar refractivity (Wildman–Crippen MR) is 122 cm³/mol. The zero-order chi connectivity index (χ0) is 22.4. The Balaban J connectivity index is 1.57. The third kappa shape index (κ3) is 5.75. The van der Waals surface area contributed by atoms with Crippen molar-refractivity contribution in [2.75, 3.05) is 12.0 Å². The van der Waals surface area contributed by atoms with E-state index in [1.165, 1.54) is 0 Å². The molecule has 2 aromatic carbocycles. The summed E-state index contributed by atoms with van der Waals surface area (Å²) in [5, 5.41) is 0. The fourth-order valence-electron chi connectivity index (χ4n) is 3.28. The largest absolute Gasteiger partial charge is 0.484 e. The summed E-state index contributed by atoms with van der Waals surface area (Å²) in [4.78, 5) is 27.0. The Morgan fingerprint density at radius 3 is 2.13 bits per heavy atom. The molecule has 2 amide bonds. The normalized spacial score (nSPS) is 10.7. The first-order chi connectivity index (χ1) is 14.8. The van der Waals surface area contributed by atoms with Gasteiger partial charge in [0.2, 0.25) is 0 Å². The van der Waals surface area contributed by atoms with Crippen molar-refractivity contribution in [3.63, 3.8) is 0 Å². The molecule has 1 N–H and O–H groups in total. The highest BCUT2D eigenvalue weighted by Gasteiger charge is 2.18. The van der Waals surface area contributed by atoms with E-state index in [4.69, 9.17) is 4.74 Å². The summed E-state index contributed by atoms with van der Waals surface area (Å²) in [5.41, 5.74) is 6.37. The summed E-state index contributed by atoms with van der Waals surface area (Å²) in [6.07, 6.45) is 0. The summed E-state index contributed by atoms with van der Waals surface area (Å²) >= 11 is 0. The molecule has 0 saturated heterocycles. The van der Waals surface area contributed by atoms with Gasteiger partial charge in [-0.1, -0.05) is 30.3 Å². The minimum atomic E-state index is -0.209. The number of benzene rings is 2. The van der Waals surface area contributed by atoms with Crippen LogP contribution in [-0.4, -0.2) is 34.0 Å². The van der Waals surface area contributed by atoms with Gasteiger partial charge in [0.1, 0.15) is 5.75 Å². The molecule has 0 saturated carbocycles. The summed E-state index contributed by atoms with van der Waals surface area (Å²) in [5.74, 6) is 0.250. The van der Waals surface area contributed by atoms with E-state index >= 15 is 0 Å². The molecule has 0 aliphatic rings. The van der Waals surface area contributed by atoms with Crippen molar-refractivity contribution in [3.8, 4) is 5.75 Å². The Kier molecular flexibility index (Phi) is 7.13. The van der Waals surface area contributed by atoms with Crippen molar-refractivity contribution in [3.05, 3.63) is 89.2 Å². The molecule has 0 fully saturated rings. The van der Waals surface area contributed by atoms with Gasteiger partial charge in [0, 0.05) is 29.5 Å². The molecule has 3 aromatic rings. The van der Waals surface area contributed by atoms with Crippen LogP contribution in [0.1, 0.15) is 41.2 Å². The SMILES string of the molecule is Cc1ccc(C)n1NC(=O)c1ccc(OCC(=O)N(Cc2ccccc2)C(C)C)cc1. The monoisotopic (exact) mass is 419 g/mol. The summed E-state index contributed by atoms with van der Waals surface area (Å²) in [6, 6.07) is 20.6. The summed E-state index contributed by atoms with van der Waals surface area (Å²) in [6.45, 7) is 8.32. The number of carbonyl (C=O) groups is 2. The standard InChI is InChI=1S/C25H29N3O3/c1-18(2)27(16-21-8-6-5-7-9-21)24(29)17-31-23-14-12-22(13-15-23)25(30)26-28-19(3)10-11-20(28)4/h5-15,18H,16-17H2,1-4H3,(H,26,30). The van der Waals surface area contributed by atoms with Gasteiger partial charge in [-0.05, 0) is 69.7 Å². The van der Waals surface area contributed by atoms with Crippen molar-refractivity contribution < 1.29 is 14.3 Å². The first-order valence-corrected chi connectivity index (χ1v) is 10.4. The molecule has 0 aliphatic heterocycles. The molecule has 0 aliphatic carbocycles. The van der Waals surface area contributed by atoms with Crippen molar-refractivity contribution in [1.82, 2.24) is 9.58 Å². The van der Waals surface area contributed by atoms with Crippen LogP contribution in [0.4, 0.5) is 0 Å². The number of ether oxygens (including phenoxy) is 1. The van der Waals surface area contributed by atoms with Gasteiger partial charge in [0.05, 0.1) is 0 Å². The molecule has 31 heavy (non-hydrogen) atoms. The van der Waals surface area contributed by atoms with E-state index in [-0.39, 0.29) is 24.5 Å². The maximum atomic E-state index is 12.7. The minimum absolute atomic E-state index is 0.0572. The molecule has 0 spiro atoms. The smallest absolute Gasteiger partial charge is 0.270 e. The number of hydrogen-bond donors (Lipinski definition) is 1. The lowest BCUT2D eigenvalue weighted by molar-refractivity contribution is -0.135. The summed E-state index contributed by atoms with van der Waals surface area (Å²) < 4.78 is 7.44. The van der Waals surface area contributed by atoms with Crippen LogP contribution < -0.4 is 10.2 Å². The van der Waals surface area contributed by atoms with E-state index in [9.17, 15) is 9.59 Å². The second-order valence-corrected chi connectivity index (χ2v) is 7.81. The first kappa shape index (κ1) is 22.2. The number of rotatable bonds is 8. The fraction of sp³-hybridized carbons (Fsp3) is 0.280. The number of aromatic nitrogens is 1. The van der Waals surface area contributed by atoms with Gasteiger partial charge >= 0.3 is 0 Å². The van der Waals surface area contributed by atoms with Crippen LogP contribution in [0, 0.1) is 13.8 Å². The van der Waals surface area contributed by atoms with Crippen LogP contribution in [-0.2, 0) is 11.3 Å². The van der Waals surface area contributed by atoms with Crippen LogP contribution in [0.2, 0.25) is 0 Å². The number of amides is 2. The van der Waals surface area contributed by atoms with E-state index < -0.39 is 0 Å². The van der Waals surface area contributed by atoms with Crippen molar-refractivity contribution in [1.29, 1.82) is 0 Å². The van der Waals surface area contributed by atoms with Crippen LogP contribution in [0.25, 0.3) is 0 Å². The quantitative estimate of drug-likeness (QED) is 0.592. The molecule has 3 rings (SSSR count). The third-order valence-corrected chi connectivity index (χ3v) is 5.10. The average molecular weight is 420 g/mol. The van der Waals surface area contributed by atoms with Crippen LogP contribution in [0.5, 0.6) is 5.75 Å². The molecular formula is C25H29N3O3. The predicted octanol–water partition coefficient (Wildman–Crippen LogP) is 4.30.